The van der Waals surface area contributed by atoms with E-state index in [-0.39, 0.29) is 0 Å². The first kappa shape index (κ1) is 43.1. The second kappa shape index (κ2) is 16.6. The molecule has 0 amide bonds. The minimum Gasteiger partial charge on any atom is -0.309 e. The molecule has 1 nitrogen and oxygen atoms in total. The molecule has 1 spiro atoms. The smallest absolute Gasteiger partial charge is 0.0726 e. The lowest BCUT2D eigenvalue weighted by atomic mass is 9.67. The van der Waals surface area contributed by atoms with Gasteiger partial charge in [-0.3, -0.25) is 0 Å². The summed E-state index contributed by atoms with van der Waals surface area (Å²) in [5.74, 6) is 0. The molecule has 0 saturated heterocycles. The van der Waals surface area contributed by atoms with E-state index in [1.165, 1.54) is 126 Å². The number of benzene rings is 12. The van der Waals surface area contributed by atoms with E-state index in [1.54, 1.807) is 0 Å². The fourth-order valence-corrected chi connectivity index (χ4v) is 15.1. The van der Waals surface area contributed by atoms with E-state index < -0.39 is 10.8 Å². The monoisotopic (exact) mass is 981 g/mol. The molecule has 0 aliphatic heterocycles. The molecule has 0 radical (unpaired) electrons. The zero-order valence-corrected chi connectivity index (χ0v) is 42.3. The molecular weight excluding hydrogens is 935 g/mol. The molecule has 0 unspecified atom stereocenters. The van der Waals surface area contributed by atoms with Crippen LogP contribution in [0.1, 0.15) is 44.5 Å². The number of nitrogens with zero attached hydrogens (tertiary/aromatic N) is 1. The van der Waals surface area contributed by atoms with Crippen LogP contribution in [0.15, 0.2) is 285 Å². The van der Waals surface area contributed by atoms with Crippen molar-refractivity contribution in [1.29, 1.82) is 0 Å². The fraction of sp³-hybridized carbons (Fsp3) is 0.0270. The Labute approximate surface area is 446 Å². The third-order valence-electron chi connectivity index (χ3n) is 17.0. The van der Waals surface area contributed by atoms with E-state index in [0.29, 0.717) is 0 Å². The number of rotatable bonds is 7. The molecule has 1 heterocycles. The van der Waals surface area contributed by atoms with Crippen molar-refractivity contribution in [1.82, 2.24) is 0 Å². The molecule has 3 aliphatic carbocycles. The summed E-state index contributed by atoms with van der Waals surface area (Å²) in [6.07, 6.45) is 0. The average molecular weight is 982 g/mol. The lowest BCUT2D eigenvalue weighted by molar-refractivity contribution is 0.769. The van der Waals surface area contributed by atoms with Crippen LogP contribution in [-0.2, 0) is 10.8 Å². The number of thiophene rings is 1. The van der Waals surface area contributed by atoms with Crippen molar-refractivity contribution in [3.05, 3.63) is 330 Å². The van der Waals surface area contributed by atoms with Crippen LogP contribution < -0.4 is 4.90 Å². The van der Waals surface area contributed by atoms with Crippen molar-refractivity contribution in [2.24, 2.45) is 0 Å². The van der Waals surface area contributed by atoms with Gasteiger partial charge < -0.3 is 4.90 Å². The van der Waals surface area contributed by atoms with Crippen LogP contribution in [0.4, 0.5) is 17.1 Å². The molecule has 16 rings (SSSR count). The first-order chi connectivity index (χ1) is 37.7. The number of fused-ring (bicyclic) bond motifs is 16. The van der Waals surface area contributed by atoms with Crippen molar-refractivity contribution in [2.75, 3.05) is 4.90 Å². The Balaban J connectivity index is 0.970. The molecule has 0 fully saturated rings. The quantitative estimate of drug-likeness (QED) is 0.154. The van der Waals surface area contributed by atoms with Crippen molar-refractivity contribution in [3.8, 4) is 55.6 Å². The van der Waals surface area contributed by atoms with E-state index in [4.69, 9.17) is 0 Å². The second-order valence-corrected chi connectivity index (χ2v) is 21.7. The predicted octanol–water partition coefficient (Wildman–Crippen LogP) is 19.6. The highest BCUT2D eigenvalue weighted by Crippen LogP contribution is 2.65. The Morgan fingerprint density at radius 3 is 1.33 bits per heavy atom. The van der Waals surface area contributed by atoms with Gasteiger partial charge in [-0.15, -0.1) is 11.3 Å². The Morgan fingerprint density at radius 2 is 0.711 bits per heavy atom. The molecule has 0 saturated carbocycles. The van der Waals surface area contributed by atoms with Crippen LogP contribution in [0.2, 0.25) is 0 Å². The number of hydrogen-bond donors (Lipinski definition) is 0. The van der Waals surface area contributed by atoms with Gasteiger partial charge in [0, 0.05) is 31.4 Å². The highest BCUT2D eigenvalue weighted by Gasteiger charge is 2.53. The largest absolute Gasteiger partial charge is 0.309 e. The SMILES string of the molecule is c1ccc(-c2ccc(C3(c4ccc(-c5ccccc5)cc4)c4ccccc4-c4cc(N(c5cccc6c5-c5ccccc5C65c6ccccc6-c6ccccc65)c5cccc6sc7ccccc7c56)ccc43)cc2)cc1. The molecule has 0 bridgehead atoms. The maximum atomic E-state index is 2.61. The Hall–Kier alpha value is -9.34. The molecule has 12 aromatic carbocycles. The van der Waals surface area contributed by atoms with Crippen molar-refractivity contribution in [3.63, 3.8) is 0 Å². The molecular formula is C74H47NS. The molecule has 354 valence electrons. The van der Waals surface area contributed by atoms with Gasteiger partial charge in [0.1, 0.15) is 0 Å². The van der Waals surface area contributed by atoms with Gasteiger partial charge in [-0.25, -0.2) is 0 Å². The topological polar surface area (TPSA) is 3.24 Å². The lowest BCUT2D eigenvalue weighted by Gasteiger charge is -2.35. The van der Waals surface area contributed by atoms with E-state index in [9.17, 15) is 0 Å². The zero-order chi connectivity index (χ0) is 50.0. The van der Waals surface area contributed by atoms with Crippen LogP contribution in [0.25, 0.3) is 75.8 Å². The summed E-state index contributed by atoms with van der Waals surface area (Å²) >= 11 is 1.88. The summed E-state index contributed by atoms with van der Waals surface area (Å²) in [5.41, 5.74) is 25.2. The Morgan fingerprint density at radius 1 is 0.276 bits per heavy atom. The van der Waals surface area contributed by atoms with Gasteiger partial charge in [-0.2, -0.15) is 0 Å². The highest BCUT2D eigenvalue weighted by molar-refractivity contribution is 7.26. The van der Waals surface area contributed by atoms with Crippen LogP contribution in [0, 0.1) is 0 Å². The van der Waals surface area contributed by atoms with E-state index >= 15 is 0 Å². The summed E-state index contributed by atoms with van der Waals surface area (Å²) in [6, 6.07) is 107. The second-order valence-electron chi connectivity index (χ2n) is 20.6. The average Bonchev–Trinajstić information content (AvgIpc) is 4.42. The molecule has 1 aromatic heterocycles. The van der Waals surface area contributed by atoms with Crippen molar-refractivity contribution < 1.29 is 0 Å². The summed E-state index contributed by atoms with van der Waals surface area (Å²) in [4.78, 5) is 2.61. The summed E-state index contributed by atoms with van der Waals surface area (Å²) in [6.45, 7) is 0. The van der Waals surface area contributed by atoms with Gasteiger partial charge in [-0.1, -0.05) is 249 Å². The summed E-state index contributed by atoms with van der Waals surface area (Å²) in [7, 11) is 0. The first-order valence-corrected chi connectivity index (χ1v) is 27.2. The van der Waals surface area contributed by atoms with Gasteiger partial charge in [-0.05, 0) is 131 Å². The molecule has 2 heteroatoms. The molecule has 3 aliphatic rings. The van der Waals surface area contributed by atoms with Crippen molar-refractivity contribution >= 4 is 48.6 Å². The van der Waals surface area contributed by atoms with Crippen LogP contribution in [-0.4, -0.2) is 0 Å². The third-order valence-corrected chi connectivity index (χ3v) is 18.1. The lowest BCUT2D eigenvalue weighted by Crippen LogP contribution is -2.28. The maximum absolute atomic E-state index is 2.61. The third kappa shape index (κ3) is 5.90. The van der Waals surface area contributed by atoms with E-state index in [2.05, 4.69) is 290 Å². The molecule has 76 heavy (non-hydrogen) atoms. The summed E-state index contributed by atoms with van der Waals surface area (Å²) in [5, 5.41) is 2.54. The van der Waals surface area contributed by atoms with Crippen molar-refractivity contribution in [2.45, 2.75) is 10.8 Å². The van der Waals surface area contributed by atoms with Gasteiger partial charge in [0.2, 0.25) is 0 Å². The maximum Gasteiger partial charge on any atom is 0.0726 e. The minimum absolute atomic E-state index is 0.482. The van der Waals surface area contributed by atoms with Gasteiger partial charge in [0.05, 0.1) is 22.2 Å². The van der Waals surface area contributed by atoms with Gasteiger partial charge in [0.25, 0.3) is 0 Å². The number of anilines is 3. The molecule has 0 N–H and O–H groups in total. The van der Waals surface area contributed by atoms with Gasteiger partial charge >= 0.3 is 0 Å². The summed E-state index contributed by atoms with van der Waals surface area (Å²) < 4.78 is 2.56. The van der Waals surface area contributed by atoms with Crippen LogP contribution in [0.3, 0.4) is 0 Å². The first-order valence-electron chi connectivity index (χ1n) is 26.4. The van der Waals surface area contributed by atoms with E-state index in [1.807, 2.05) is 11.3 Å². The molecule has 13 aromatic rings. The van der Waals surface area contributed by atoms with Crippen LogP contribution in [0.5, 0.6) is 0 Å². The predicted molar refractivity (Wildman–Crippen MR) is 318 cm³/mol. The Bertz CT molecular complexity index is 4320. The normalized spacial score (nSPS) is 13.7. The minimum atomic E-state index is -0.605. The standard InChI is InChI=1S/C74H47NS/c1-3-19-48(20-4-1)50-37-41-52(42-38-50)73(53-43-39-51(40-44-53)49-21-5-2-6-22-49)61-28-12-9-25-57(61)60-47-54(45-46-65(60)73)75(68-34-18-36-70-72(68)59-27-11-16-35-69(59)76-70)67-33-17-32-66-71(67)58-26-10-15-31-64(58)74(66)62-29-13-7-23-55(62)56-24-8-14-30-63(56)74/h1-47H. The zero-order valence-electron chi connectivity index (χ0n) is 41.5. The highest BCUT2D eigenvalue weighted by atomic mass is 32.1. The van der Waals surface area contributed by atoms with E-state index in [0.717, 1.165) is 11.4 Å². The molecule has 0 atom stereocenters. The van der Waals surface area contributed by atoms with Gasteiger partial charge in [0.15, 0.2) is 0 Å². The fourth-order valence-electron chi connectivity index (χ4n) is 13.9. The van der Waals surface area contributed by atoms with Crippen LogP contribution >= 0.6 is 11.3 Å². The Kier molecular flexibility index (Phi) is 9.40. The number of hydrogen-bond acceptors (Lipinski definition) is 2.